The normalized spacial score (nSPS) is 18.1. The van der Waals surface area contributed by atoms with Crippen LogP contribution in [0.5, 0.6) is 0 Å². The first-order valence-corrected chi connectivity index (χ1v) is 8.15. The van der Waals surface area contributed by atoms with Crippen LogP contribution >= 0.6 is 15.9 Å². The van der Waals surface area contributed by atoms with Gasteiger partial charge in [0.1, 0.15) is 17.5 Å². The highest BCUT2D eigenvalue weighted by atomic mass is 79.9. The standard InChI is InChI=1S/C11H11BrF3NO2S/c12-6-11(2-1-3-11)16-19(17,18)10-8(14)4-7(13)5-9(10)15/h4-5,16H,1-3,6H2. The summed E-state index contributed by atoms with van der Waals surface area (Å²) in [4.78, 5) is -1.14. The molecule has 2 rings (SSSR count). The zero-order valence-corrected chi connectivity index (χ0v) is 12.1. The van der Waals surface area contributed by atoms with Gasteiger partial charge in [0.05, 0.1) is 0 Å². The van der Waals surface area contributed by atoms with Gasteiger partial charge in [-0.3, -0.25) is 0 Å². The minimum atomic E-state index is -4.37. The number of alkyl halides is 1. The predicted molar refractivity (Wildman–Crippen MR) is 67.0 cm³/mol. The van der Waals surface area contributed by atoms with E-state index in [1.807, 2.05) is 0 Å². The molecule has 0 spiro atoms. The third-order valence-electron chi connectivity index (χ3n) is 3.15. The van der Waals surface area contributed by atoms with Crippen LogP contribution in [0, 0.1) is 17.5 Å². The first kappa shape index (κ1) is 14.8. The maximum Gasteiger partial charge on any atom is 0.246 e. The van der Waals surface area contributed by atoms with Crippen molar-refractivity contribution < 1.29 is 21.6 Å². The molecule has 0 radical (unpaired) electrons. The summed E-state index contributed by atoms with van der Waals surface area (Å²) in [5, 5.41) is 0.351. The van der Waals surface area contributed by atoms with E-state index in [4.69, 9.17) is 0 Å². The highest BCUT2D eigenvalue weighted by Crippen LogP contribution is 2.35. The van der Waals surface area contributed by atoms with E-state index in [9.17, 15) is 21.6 Å². The quantitative estimate of drug-likeness (QED) is 0.842. The lowest BCUT2D eigenvalue weighted by Crippen LogP contribution is -2.54. The molecule has 1 aliphatic carbocycles. The van der Waals surface area contributed by atoms with Crippen molar-refractivity contribution >= 4 is 26.0 Å². The van der Waals surface area contributed by atoms with Gasteiger partial charge in [-0.05, 0) is 19.3 Å². The molecule has 0 atom stereocenters. The molecule has 106 valence electrons. The van der Waals surface area contributed by atoms with Gasteiger partial charge in [0.15, 0.2) is 4.90 Å². The summed E-state index contributed by atoms with van der Waals surface area (Å²) in [6.45, 7) is 0. The van der Waals surface area contributed by atoms with E-state index in [1.165, 1.54) is 0 Å². The zero-order valence-electron chi connectivity index (χ0n) is 9.72. The second-order valence-corrected chi connectivity index (χ2v) is 6.75. The number of hydrogen-bond donors (Lipinski definition) is 1. The zero-order chi connectivity index (χ0) is 14.3. The summed E-state index contributed by atoms with van der Waals surface area (Å²) in [5.41, 5.74) is -0.716. The molecule has 0 saturated heterocycles. The number of nitrogens with one attached hydrogen (secondary N) is 1. The summed E-state index contributed by atoms with van der Waals surface area (Å²) in [7, 11) is -4.37. The predicted octanol–water partition coefficient (Wildman–Crippen LogP) is 2.70. The largest absolute Gasteiger partial charge is 0.246 e. The molecule has 1 aromatic carbocycles. The van der Waals surface area contributed by atoms with E-state index in [-0.39, 0.29) is 0 Å². The van der Waals surface area contributed by atoms with E-state index in [1.54, 1.807) is 0 Å². The first-order valence-electron chi connectivity index (χ1n) is 5.54. The molecular formula is C11H11BrF3NO2S. The van der Waals surface area contributed by atoms with Gasteiger partial charge in [-0.1, -0.05) is 15.9 Å². The molecule has 0 bridgehead atoms. The molecule has 19 heavy (non-hydrogen) atoms. The fourth-order valence-electron chi connectivity index (χ4n) is 1.99. The van der Waals surface area contributed by atoms with Crippen LogP contribution in [0.1, 0.15) is 19.3 Å². The molecule has 8 heteroatoms. The highest BCUT2D eigenvalue weighted by Gasteiger charge is 2.41. The first-order chi connectivity index (χ1) is 8.80. The van der Waals surface area contributed by atoms with Crippen molar-refractivity contribution in [3.63, 3.8) is 0 Å². The Kier molecular flexibility index (Phi) is 3.95. The Bertz CT molecular complexity index is 573. The third-order valence-corrected chi connectivity index (χ3v) is 5.85. The maximum absolute atomic E-state index is 13.5. The van der Waals surface area contributed by atoms with Crippen molar-refractivity contribution in [1.29, 1.82) is 0 Å². The Morgan fingerprint density at radius 2 is 1.74 bits per heavy atom. The van der Waals surface area contributed by atoms with Crippen LogP contribution in [0.2, 0.25) is 0 Å². The van der Waals surface area contributed by atoms with Crippen molar-refractivity contribution in [3.8, 4) is 0 Å². The molecule has 1 saturated carbocycles. The van der Waals surface area contributed by atoms with Crippen LogP contribution in [0.4, 0.5) is 13.2 Å². The van der Waals surface area contributed by atoms with Crippen LogP contribution in [-0.4, -0.2) is 19.3 Å². The molecule has 0 heterocycles. The second-order valence-electron chi connectivity index (χ2n) is 4.57. The lowest BCUT2D eigenvalue weighted by Gasteiger charge is -2.40. The van der Waals surface area contributed by atoms with Crippen molar-refractivity contribution in [2.75, 3.05) is 5.33 Å². The van der Waals surface area contributed by atoms with Crippen LogP contribution in [0.25, 0.3) is 0 Å². The van der Waals surface area contributed by atoms with Crippen LogP contribution in [0.15, 0.2) is 17.0 Å². The average Bonchev–Trinajstić information content (AvgIpc) is 2.21. The Hall–Kier alpha value is -0.600. The molecule has 0 aliphatic heterocycles. The third kappa shape index (κ3) is 2.80. The lowest BCUT2D eigenvalue weighted by molar-refractivity contribution is 0.255. The number of sulfonamides is 1. The van der Waals surface area contributed by atoms with Crippen LogP contribution < -0.4 is 4.72 Å². The van der Waals surface area contributed by atoms with Crippen molar-refractivity contribution in [1.82, 2.24) is 4.72 Å². The molecule has 1 fully saturated rings. The van der Waals surface area contributed by atoms with Gasteiger partial charge >= 0.3 is 0 Å². The van der Waals surface area contributed by atoms with E-state index in [0.717, 1.165) is 6.42 Å². The number of halogens is 4. The highest BCUT2D eigenvalue weighted by molar-refractivity contribution is 9.09. The Balaban J connectivity index is 2.40. The summed E-state index contributed by atoms with van der Waals surface area (Å²) >= 11 is 3.18. The van der Waals surface area contributed by atoms with Gasteiger partial charge in [-0.25, -0.2) is 26.3 Å². The SMILES string of the molecule is O=S(=O)(NC1(CBr)CCC1)c1c(F)cc(F)cc1F. The number of benzene rings is 1. The van der Waals surface area contributed by atoms with Crippen molar-refractivity contribution in [3.05, 3.63) is 29.6 Å². The maximum atomic E-state index is 13.5. The molecule has 0 amide bonds. The molecular weight excluding hydrogens is 347 g/mol. The summed E-state index contributed by atoms with van der Waals surface area (Å²) < 4.78 is 66.1. The minimum absolute atomic E-state index is 0.346. The van der Waals surface area contributed by atoms with Gasteiger partial charge in [0, 0.05) is 23.0 Å². The molecule has 1 aromatic rings. The smallest absolute Gasteiger partial charge is 0.207 e. The van der Waals surface area contributed by atoms with Gasteiger partial charge < -0.3 is 0 Å². The average molecular weight is 358 g/mol. The second kappa shape index (κ2) is 5.06. The summed E-state index contributed by atoms with van der Waals surface area (Å²) in [5.74, 6) is -4.03. The van der Waals surface area contributed by atoms with E-state index in [0.29, 0.717) is 30.3 Å². The van der Waals surface area contributed by atoms with E-state index in [2.05, 4.69) is 20.7 Å². The van der Waals surface area contributed by atoms with E-state index < -0.39 is 37.9 Å². The number of hydrogen-bond acceptors (Lipinski definition) is 2. The van der Waals surface area contributed by atoms with Crippen molar-refractivity contribution in [2.45, 2.75) is 29.7 Å². The minimum Gasteiger partial charge on any atom is -0.207 e. The van der Waals surface area contributed by atoms with Gasteiger partial charge in [0.25, 0.3) is 0 Å². The topological polar surface area (TPSA) is 46.2 Å². The molecule has 1 aliphatic rings. The molecule has 0 unspecified atom stereocenters. The summed E-state index contributed by atoms with van der Waals surface area (Å²) in [6.07, 6.45) is 2.01. The van der Waals surface area contributed by atoms with Crippen LogP contribution in [0.3, 0.4) is 0 Å². The Morgan fingerprint density at radius 1 is 1.21 bits per heavy atom. The van der Waals surface area contributed by atoms with Crippen molar-refractivity contribution in [2.24, 2.45) is 0 Å². The van der Waals surface area contributed by atoms with E-state index >= 15 is 0 Å². The lowest BCUT2D eigenvalue weighted by atomic mass is 9.80. The molecule has 3 nitrogen and oxygen atoms in total. The molecule has 0 aromatic heterocycles. The van der Waals surface area contributed by atoms with Gasteiger partial charge in [0.2, 0.25) is 10.0 Å². The number of rotatable bonds is 4. The fraction of sp³-hybridized carbons (Fsp3) is 0.455. The van der Waals surface area contributed by atoms with Gasteiger partial charge in [-0.15, -0.1) is 0 Å². The van der Waals surface area contributed by atoms with Gasteiger partial charge in [-0.2, -0.15) is 0 Å². The monoisotopic (exact) mass is 357 g/mol. The Labute approximate surface area is 117 Å². The van der Waals surface area contributed by atoms with Crippen LogP contribution in [-0.2, 0) is 10.0 Å². The summed E-state index contributed by atoms with van der Waals surface area (Å²) in [6, 6.07) is 0.693. The fourth-order valence-corrected chi connectivity index (χ4v) is 4.45. The molecule has 1 N–H and O–H groups in total. The Morgan fingerprint density at radius 3 is 2.11 bits per heavy atom.